The van der Waals surface area contributed by atoms with Crippen molar-refractivity contribution in [3.8, 4) is 0 Å². The largest absolute Gasteiger partial charge is 0.393 e. The van der Waals surface area contributed by atoms with Crippen LogP contribution in [0, 0.1) is 0 Å². The van der Waals surface area contributed by atoms with Crippen molar-refractivity contribution in [2.45, 2.75) is 59.4 Å². The van der Waals surface area contributed by atoms with E-state index in [1.165, 1.54) is 6.92 Å². The molecule has 1 heterocycles. The van der Waals surface area contributed by atoms with Crippen LogP contribution in [-0.2, 0) is 19.1 Å². The Morgan fingerprint density at radius 2 is 1.80 bits per heavy atom. The number of Topliss-reactive ketones (excluding diaryl/α,β-unsaturated/α-hetero) is 2. The molecule has 1 rings (SSSR count). The van der Waals surface area contributed by atoms with Gasteiger partial charge in [0.25, 0.3) is 0 Å². The maximum absolute atomic E-state index is 9.96. The molecule has 0 saturated carbocycles. The Kier molecular flexibility index (Phi) is 14.2. The molecule has 120 valence electrons. The molecule has 0 aliphatic carbocycles. The molecule has 1 saturated heterocycles. The van der Waals surface area contributed by atoms with Gasteiger partial charge in [0.1, 0.15) is 18.0 Å². The molecule has 0 amide bonds. The molecule has 6 nitrogen and oxygen atoms in total. The van der Waals surface area contributed by atoms with Gasteiger partial charge in [0, 0.05) is 6.42 Å². The first kappa shape index (κ1) is 21.5. The summed E-state index contributed by atoms with van der Waals surface area (Å²) in [7, 11) is 0. The monoisotopic (exact) mass is 292 g/mol. The smallest absolute Gasteiger partial charge is 0.160 e. The third-order valence-corrected chi connectivity index (χ3v) is 2.16. The third-order valence-electron chi connectivity index (χ3n) is 2.16. The van der Waals surface area contributed by atoms with E-state index in [-0.39, 0.29) is 5.78 Å². The SMILES string of the molecule is CC(=O)C(O)CO.CC(C)OCC1CO1.CCC(C)=O. The second-order valence-electron chi connectivity index (χ2n) is 4.70. The molecule has 2 N–H and O–H groups in total. The summed E-state index contributed by atoms with van der Waals surface area (Å²) in [4.78, 5) is 19.8. The van der Waals surface area contributed by atoms with Crippen LogP contribution < -0.4 is 0 Å². The van der Waals surface area contributed by atoms with Crippen molar-refractivity contribution in [2.24, 2.45) is 0 Å². The van der Waals surface area contributed by atoms with E-state index < -0.39 is 18.5 Å². The minimum atomic E-state index is -1.18. The van der Waals surface area contributed by atoms with E-state index in [1.807, 2.05) is 20.8 Å². The summed E-state index contributed by atoms with van der Waals surface area (Å²) in [6.07, 6.45) is 0.247. The minimum Gasteiger partial charge on any atom is -0.393 e. The topological polar surface area (TPSA) is 96.4 Å². The van der Waals surface area contributed by atoms with Crippen LogP contribution in [0.4, 0.5) is 0 Å². The van der Waals surface area contributed by atoms with E-state index in [0.717, 1.165) is 13.2 Å². The Morgan fingerprint density at radius 1 is 1.35 bits per heavy atom. The number of carbonyl (C=O) groups is 2. The van der Waals surface area contributed by atoms with E-state index in [0.29, 0.717) is 18.6 Å². The minimum absolute atomic E-state index is 0.255. The molecule has 0 aromatic heterocycles. The maximum atomic E-state index is 9.96. The summed E-state index contributed by atoms with van der Waals surface area (Å²) >= 11 is 0. The number of rotatable bonds is 6. The van der Waals surface area contributed by atoms with Crippen molar-refractivity contribution in [1.29, 1.82) is 0 Å². The van der Waals surface area contributed by atoms with Crippen molar-refractivity contribution in [3.05, 3.63) is 0 Å². The molecular formula is C14H28O6. The highest BCUT2D eigenvalue weighted by Crippen LogP contribution is 2.09. The van der Waals surface area contributed by atoms with Gasteiger partial charge in [-0.15, -0.1) is 0 Å². The van der Waals surface area contributed by atoms with Crippen LogP contribution >= 0.6 is 0 Å². The number of epoxide rings is 1. The van der Waals surface area contributed by atoms with Gasteiger partial charge in [-0.05, 0) is 27.7 Å². The first-order valence-corrected chi connectivity index (χ1v) is 6.76. The zero-order valence-corrected chi connectivity index (χ0v) is 13.1. The highest BCUT2D eigenvalue weighted by molar-refractivity contribution is 5.80. The van der Waals surface area contributed by atoms with Gasteiger partial charge in [-0.25, -0.2) is 0 Å². The number of hydrogen-bond donors (Lipinski definition) is 2. The van der Waals surface area contributed by atoms with Gasteiger partial charge in [0.05, 0.1) is 25.9 Å². The van der Waals surface area contributed by atoms with E-state index >= 15 is 0 Å². The molecule has 2 unspecified atom stereocenters. The summed E-state index contributed by atoms with van der Waals surface area (Å²) in [6.45, 7) is 9.91. The van der Waals surface area contributed by atoms with Crippen LogP contribution in [0.2, 0.25) is 0 Å². The molecule has 1 aliphatic rings. The van der Waals surface area contributed by atoms with Crippen molar-refractivity contribution in [3.63, 3.8) is 0 Å². The summed E-state index contributed by atoms with van der Waals surface area (Å²) in [5.41, 5.74) is 0. The molecule has 0 radical (unpaired) electrons. The number of aliphatic hydroxyl groups excluding tert-OH is 2. The Hall–Kier alpha value is -0.820. The van der Waals surface area contributed by atoms with Gasteiger partial charge < -0.3 is 24.5 Å². The van der Waals surface area contributed by atoms with Crippen LogP contribution in [0.25, 0.3) is 0 Å². The fourth-order valence-corrected chi connectivity index (χ4v) is 0.593. The van der Waals surface area contributed by atoms with Gasteiger partial charge in [0.2, 0.25) is 0 Å². The summed E-state index contributed by atoms with van der Waals surface area (Å²) in [6, 6.07) is 0. The van der Waals surface area contributed by atoms with E-state index in [9.17, 15) is 9.59 Å². The summed E-state index contributed by atoms with van der Waals surface area (Å²) < 4.78 is 10.2. The van der Waals surface area contributed by atoms with Gasteiger partial charge >= 0.3 is 0 Å². The molecule has 1 fully saturated rings. The standard InChI is InChI=1S/C6H12O2.C4H8O3.C4H8O/c1-5(2)7-3-6-4-8-6;1-3(6)4(7)2-5;1-3-4(2)5/h5-6H,3-4H2,1-2H3;4-5,7H,2H2,1H3;3H2,1-2H3. The van der Waals surface area contributed by atoms with Crippen molar-refractivity contribution >= 4 is 11.6 Å². The first-order chi connectivity index (χ1) is 9.24. The van der Waals surface area contributed by atoms with Crippen molar-refractivity contribution in [1.82, 2.24) is 0 Å². The van der Waals surface area contributed by atoms with Gasteiger partial charge in [0.15, 0.2) is 5.78 Å². The summed E-state index contributed by atoms with van der Waals surface area (Å²) in [5.74, 6) is -0.146. The second kappa shape index (κ2) is 13.2. The zero-order valence-electron chi connectivity index (χ0n) is 13.1. The Labute approximate surface area is 121 Å². The Bertz CT molecular complexity index is 258. The molecule has 20 heavy (non-hydrogen) atoms. The molecule has 2 atom stereocenters. The predicted octanol–water partition coefficient (Wildman–Crippen LogP) is 0.724. The quantitative estimate of drug-likeness (QED) is 0.700. The van der Waals surface area contributed by atoms with Crippen molar-refractivity contribution < 1.29 is 29.3 Å². The molecule has 0 aromatic rings. The van der Waals surface area contributed by atoms with Crippen LogP contribution in [0.1, 0.15) is 41.0 Å². The highest BCUT2D eigenvalue weighted by Gasteiger charge is 2.22. The summed E-state index contributed by atoms with van der Waals surface area (Å²) in [5, 5.41) is 16.4. The van der Waals surface area contributed by atoms with E-state index in [4.69, 9.17) is 19.7 Å². The third kappa shape index (κ3) is 19.5. The maximum Gasteiger partial charge on any atom is 0.160 e. The lowest BCUT2D eigenvalue weighted by molar-refractivity contribution is -0.126. The molecule has 1 aliphatic heterocycles. The lowest BCUT2D eigenvalue weighted by atomic mass is 10.3. The number of ketones is 2. The van der Waals surface area contributed by atoms with Crippen LogP contribution in [-0.4, -0.2) is 59.9 Å². The van der Waals surface area contributed by atoms with Gasteiger partial charge in [-0.2, -0.15) is 0 Å². The average molecular weight is 292 g/mol. The number of carbonyl (C=O) groups excluding carboxylic acids is 2. The normalized spacial score (nSPS) is 17.3. The molecule has 0 spiro atoms. The first-order valence-electron chi connectivity index (χ1n) is 6.76. The lowest BCUT2D eigenvalue weighted by Gasteiger charge is -2.02. The van der Waals surface area contributed by atoms with Gasteiger partial charge in [-0.3, -0.25) is 4.79 Å². The van der Waals surface area contributed by atoms with Crippen molar-refractivity contribution in [2.75, 3.05) is 19.8 Å². The molecular weight excluding hydrogens is 264 g/mol. The van der Waals surface area contributed by atoms with E-state index in [2.05, 4.69) is 0 Å². The average Bonchev–Trinajstić information content (AvgIpc) is 3.20. The molecule has 0 bridgehead atoms. The Morgan fingerprint density at radius 3 is 1.95 bits per heavy atom. The molecule has 6 heteroatoms. The van der Waals surface area contributed by atoms with E-state index in [1.54, 1.807) is 6.92 Å². The van der Waals surface area contributed by atoms with Crippen LogP contribution in [0.3, 0.4) is 0 Å². The lowest BCUT2D eigenvalue weighted by Crippen LogP contribution is -2.20. The predicted molar refractivity (Wildman–Crippen MR) is 75.6 cm³/mol. The number of ether oxygens (including phenoxy) is 2. The fourth-order valence-electron chi connectivity index (χ4n) is 0.593. The number of aliphatic hydroxyl groups is 2. The zero-order chi connectivity index (χ0) is 16.1. The van der Waals surface area contributed by atoms with Crippen LogP contribution in [0.15, 0.2) is 0 Å². The molecule has 0 aromatic carbocycles. The number of hydrogen-bond acceptors (Lipinski definition) is 6. The second-order valence-corrected chi connectivity index (χ2v) is 4.70. The fraction of sp³-hybridized carbons (Fsp3) is 0.857. The highest BCUT2D eigenvalue weighted by atomic mass is 16.6. The Balaban J connectivity index is 0. The van der Waals surface area contributed by atoms with Gasteiger partial charge in [-0.1, -0.05) is 6.92 Å². The van der Waals surface area contributed by atoms with Crippen LogP contribution in [0.5, 0.6) is 0 Å².